The molecule has 0 unspecified atom stereocenters. The van der Waals surface area contributed by atoms with Crippen LogP contribution in [0.5, 0.6) is 0 Å². The fourth-order valence-corrected chi connectivity index (χ4v) is 4.54. The number of aliphatic carboxylic acids is 1. The highest BCUT2D eigenvalue weighted by molar-refractivity contribution is 7.89. The molecule has 1 aromatic carbocycles. The third-order valence-corrected chi connectivity index (χ3v) is 6.34. The Balaban J connectivity index is 1.85. The van der Waals surface area contributed by atoms with Gasteiger partial charge < -0.3 is 10.4 Å². The molecule has 0 aromatic heterocycles. The number of carbonyl (C=O) groups excluding carboxylic acids is 1. The Morgan fingerprint density at radius 2 is 1.96 bits per heavy atom. The molecule has 3 rings (SSSR count). The number of amides is 1. The van der Waals surface area contributed by atoms with Crippen LogP contribution in [0.15, 0.2) is 23.1 Å². The first-order chi connectivity index (χ1) is 10.9. The van der Waals surface area contributed by atoms with Crippen LogP contribution in [0, 0.1) is 5.92 Å². The Kier molecular flexibility index (Phi) is 4.11. The monoisotopic (exact) mass is 338 g/mol. The van der Waals surface area contributed by atoms with Gasteiger partial charge in [-0.15, -0.1) is 0 Å². The minimum atomic E-state index is -3.71. The van der Waals surface area contributed by atoms with Gasteiger partial charge in [0.1, 0.15) is 0 Å². The van der Waals surface area contributed by atoms with Crippen LogP contribution < -0.4 is 5.32 Å². The number of hydrogen-bond donors (Lipinski definition) is 2. The van der Waals surface area contributed by atoms with Gasteiger partial charge in [0.25, 0.3) is 5.91 Å². The summed E-state index contributed by atoms with van der Waals surface area (Å²) in [5.41, 5.74) is 1.25. The van der Waals surface area contributed by atoms with E-state index in [0.717, 1.165) is 5.56 Å². The standard InChI is InChI=1S/C15H18N2O5S/c18-14-13-9-12(2-1-10(13)3-6-16-14)23(21,22)17-7-4-11(5-8-17)15(19)20/h1-2,9,11H,3-8H2,(H,16,18)(H,19,20). The van der Waals surface area contributed by atoms with Crippen molar-refractivity contribution in [1.82, 2.24) is 9.62 Å². The molecule has 2 aliphatic rings. The van der Waals surface area contributed by atoms with Crippen LogP contribution in [-0.2, 0) is 21.2 Å². The molecule has 7 nitrogen and oxygen atoms in total. The summed E-state index contributed by atoms with van der Waals surface area (Å²) >= 11 is 0. The third-order valence-electron chi connectivity index (χ3n) is 4.45. The number of carboxylic acid groups (broad SMARTS) is 1. The molecule has 1 aromatic rings. The van der Waals surface area contributed by atoms with Gasteiger partial charge in [-0.05, 0) is 37.0 Å². The number of nitrogens with zero attached hydrogens (tertiary/aromatic N) is 1. The van der Waals surface area contributed by atoms with E-state index in [1.807, 2.05) is 0 Å². The van der Waals surface area contributed by atoms with Gasteiger partial charge in [0, 0.05) is 25.2 Å². The van der Waals surface area contributed by atoms with Gasteiger partial charge in [0.15, 0.2) is 0 Å². The summed E-state index contributed by atoms with van der Waals surface area (Å²) in [7, 11) is -3.71. The highest BCUT2D eigenvalue weighted by Crippen LogP contribution is 2.26. The van der Waals surface area contributed by atoms with E-state index in [2.05, 4.69) is 5.32 Å². The van der Waals surface area contributed by atoms with Gasteiger partial charge in [-0.2, -0.15) is 4.31 Å². The summed E-state index contributed by atoms with van der Waals surface area (Å²) in [5, 5.41) is 11.7. The number of rotatable bonds is 3. The first-order valence-corrected chi connectivity index (χ1v) is 8.97. The lowest BCUT2D eigenvalue weighted by Crippen LogP contribution is -2.40. The molecule has 8 heteroatoms. The Hall–Kier alpha value is -1.93. The Labute approximate surface area is 134 Å². The van der Waals surface area contributed by atoms with Crippen molar-refractivity contribution in [2.24, 2.45) is 5.92 Å². The van der Waals surface area contributed by atoms with Gasteiger partial charge in [-0.3, -0.25) is 9.59 Å². The van der Waals surface area contributed by atoms with E-state index in [9.17, 15) is 18.0 Å². The second-order valence-corrected chi connectivity index (χ2v) is 7.78. The van der Waals surface area contributed by atoms with Gasteiger partial charge in [-0.25, -0.2) is 8.42 Å². The van der Waals surface area contributed by atoms with E-state index < -0.39 is 21.9 Å². The van der Waals surface area contributed by atoms with E-state index in [1.165, 1.54) is 16.4 Å². The van der Waals surface area contributed by atoms with Crippen molar-refractivity contribution >= 4 is 21.9 Å². The number of carboxylic acids is 1. The molecule has 1 fully saturated rings. The first kappa shape index (κ1) is 15.9. The molecule has 1 amide bonds. The third kappa shape index (κ3) is 2.96. The summed E-state index contributed by atoms with van der Waals surface area (Å²) < 4.78 is 26.7. The average molecular weight is 338 g/mol. The maximum atomic E-state index is 12.7. The van der Waals surface area contributed by atoms with Crippen LogP contribution >= 0.6 is 0 Å². The topological polar surface area (TPSA) is 104 Å². The average Bonchev–Trinajstić information content (AvgIpc) is 2.55. The van der Waals surface area contributed by atoms with Crippen LogP contribution in [0.2, 0.25) is 0 Å². The minimum Gasteiger partial charge on any atom is -0.481 e. The molecule has 2 N–H and O–H groups in total. The van der Waals surface area contributed by atoms with Crippen molar-refractivity contribution in [2.75, 3.05) is 19.6 Å². The van der Waals surface area contributed by atoms with Crippen molar-refractivity contribution in [2.45, 2.75) is 24.2 Å². The second-order valence-electron chi connectivity index (χ2n) is 5.84. The van der Waals surface area contributed by atoms with Crippen LogP contribution in [0.1, 0.15) is 28.8 Å². The van der Waals surface area contributed by atoms with E-state index in [4.69, 9.17) is 5.11 Å². The molecular weight excluding hydrogens is 320 g/mol. The molecule has 124 valence electrons. The zero-order valence-corrected chi connectivity index (χ0v) is 13.3. The maximum Gasteiger partial charge on any atom is 0.306 e. The predicted molar refractivity (Wildman–Crippen MR) is 81.6 cm³/mol. The predicted octanol–water partition coefficient (Wildman–Crippen LogP) is 0.458. The molecule has 0 radical (unpaired) electrons. The number of carbonyl (C=O) groups is 2. The normalized spacial score (nSPS) is 19.9. The van der Waals surface area contributed by atoms with Gasteiger partial charge in [0.05, 0.1) is 10.8 Å². The number of hydrogen-bond acceptors (Lipinski definition) is 4. The Morgan fingerprint density at radius 3 is 2.61 bits per heavy atom. The summed E-state index contributed by atoms with van der Waals surface area (Å²) in [6.07, 6.45) is 1.30. The van der Waals surface area contributed by atoms with Gasteiger partial charge in [-0.1, -0.05) is 6.07 Å². The molecule has 0 bridgehead atoms. The van der Waals surface area contributed by atoms with Crippen molar-refractivity contribution in [3.63, 3.8) is 0 Å². The maximum absolute atomic E-state index is 12.7. The summed E-state index contributed by atoms with van der Waals surface area (Å²) in [5.74, 6) is -1.63. The lowest BCUT2D eigenvalue weighted by atomic mass is 9.99. The van der Waals surface area contributed by atoms with Gasteiger partial charge >= 0.3 is 5.97 Å². The van der Waals surface area contributed by atoms with Crippen LogP contribution in [0.4, 0.5) is 0 Å². The molecule has 0 spiro atoms. The number of fused-ring (bicyclic) bond motifs is 1. The quantitative estimate of drug-likeness (QED) is 0.833. The largest absolute Gasteiger partial charge is 0.481 e. The number of benzene rings is 1. The minimum absolute atomic E-state index is 0.0853. The lowest BCUT2D eigenvalue weighted by Gasteiger charge is -2.29. The second kappa shape index (κ2) is 5.93. The van der Waals surface area contributed by atoms with Crippen LogP contribution in [-0.4, -0.2) is 49.3 Å². The molecule has 1 saturated heterocycles. The number of piperidine rings is 1. The lowest BCUT2D eigenvalue weighted by molar-refractivity contribution is -0.142. The number of nitrogens with one attached hydrogen (secondary N) is 1. The zero-order valence-electron chi connectivity index (χ0n) is 12.5. The molecule has 0 saturated carbocycles. The van der Waals surface area contributed by atoms with E-state index in [1.54, 1.807) is 6.07 Å². The van der Waals surface area contributed by atoms with Crippen molar-refractivity contribution in [3.05, 3.63) is 29.3 Å². The van der Waals surface area contributed by atoms with Crippen molar-refractivity contribution < 1.29 is 23.1 Å². The summed E-state index contributed by atoms with van der Waals surface area (Å²) in [4.78, 5) is 22.9. The molecule has 23 heavy (non-hydrogen) atoms. The molecule has 2 heterocycles. The van der Waals surface area contributed by atoms with Crippen molar-refractivity contribution in [1.29, 1.82) is 0 Å². The molecule has 0 atom stereocenters. The fraction of sp³-hybridized carbons (Fsp3) is 0.467. The highest BCUT2D eigenvalue weighted by atomic mass is 32.2. The van der Waals surface area contributed by atoms with E-state index >= 15 is 0 Å². The van der Waals surface area contributed by atoms with E-state index in [0.29, 0.717) is 31.4 Å². The fourth-order valence-electron chi connectivity index (χ4n) is 3.04. The highest BCUT2D eigenvalue weighted by Gasteiger charge is 2.32. The molecule has 0 aliphatic carbocycles. The SMILES string of the molecule is O=C1NCCc2ccc(S(=O)(=O)N3CCC(C(=O)O)CC3)cc21. The first-order valence-electron chi connectivity index (χ1n) is 7.53. The van der Waals surface area contributed by atoms with Crippen LogP contribution in [0.3, 0.4) is 0 Å². The number of sulfonamides is 1. The van der Waals surface area contributed by atoms with Crippen LogP contribution in [0.25, 0.3) is 0 Å². The Morgan fingerprint density at radius 1 is 1.26 bits per heavy atom. The molecular formula is C15H18N2O5S. The molecule has 2 aliphatic heterocycles. The van der Waals surface area contributed by atoms with Gasteiger partial charge in [0.2, 0.25) is 10.0 Å². The zero-order chi connectivity index (χ0) is 16.6. The smallest absolute Gasteiger partial charge is 0.306 e. The van der Waals surface area contributed by atoms with E-state index in [-0.39, 0.29) is 23.9 Å². The Bertz CT molecular complexity index is 751. The van der Waals surface area contributed by atoms with Crippen molar-refractivity contribution in [3.8, 4) is 0 Å². The summed E-state index contributed by atoms with van der Waals surface area (Å²) in [6.45, 7) is 0.922. The summed E-state index contributed by atoms with van der Waals surface area (Å²) in [6, 6.07) is 4.63.